The number of unbranched alkanes of at least 4 members (excludes halogenated alkanes) is 4. The molecule has 0 bridgehead atoms. The van der Waals surface area contributed by atoms with Gasteiger partial charge in [0.25, 0.3) is 0 Å². The van der Waals surface area contributed by atoms with Crippen molar-refractivity contribution < 1.29 is 4.79 Å². The molecule has 1 aromatic rings. The molecule has 0 unspecified atom stereocenters. The van der Waals surface area contributed by atoms with E-state index in [0.717, 1.165) is 30.7 Å². The van der Waals surface area contributed by atoms with Crippen molar-refractivity contribution in [3.8, 4) is 0 Å². The third-order valence-corrected chi connectivity index (χ3v) is 3.28. The molecule has 0 atom stereocenters. The normalized spacial score (nSPS) is 11.1. The Hall–Kier alpha value is -1.44. The number of nitrogens with zero attached hydrogens (tertiary/aromatic N) is 1. The Labute approximate surface area is 123 Å². The van der Waals surface area contributed by atoms with Crippen LogP contribution in [0.15, 0.2) is 30.4 Å². The van der Waals surface area contributed by atoms with Gasteiger partial charge in [-0.2, -0.15) is 0 Å². The minimum Gasteiger partial charge on any atom is -0.294 e. The first-order valence-corrected chi connectivity index (χ1v) is 7.90. The van der Waals surface area contributed by atoms with Crippen LogP contribution >= 0.6 is 0 Å². The molecule has 0 N–H and O–H groups in total. The molecular weight excluding hydrogens is 246 g/mol. The maximum absolute atomic E-state index is 11.8. The first-order valence-electron chi connectivity index (χ1n) is 7.90. The van der Waals surface area contributed by atoms with Crippen molar-refractivity contribution in [1.29, 1.82) is 0 Å². The summed E-state index contributed by atoms with van der Waals surface area (Å²) in [6.07, 6.45) is 12.1. The van der Waals surface area contributed by atoms with Gasteiger partial charge in [0.05, 0.1) is 6.42 Å². The van der Waals surface area contributed by atoms with Crippen LogP contribution in [-0.4, -0.2) is 10.8 Å². The molecule has 0 aliphatic rings. The number of pyridine rings is 1. The zero-order valence-electron chi connectivity index (χ0n) is 12.9. The molecule has 0 amide bonds. The van der Waals surface area contributed by atoms with Gasteiger partial charge in [-0.25, -0.2) is 0 Å². The quantitative estimate of drug-likeness (QED) is 0.458. The first kappa shape index (κ1) is 16.6. The maximum atomic E-state index is 11.8. The highest BCUT2D eigenvalue weighted by Crippen LogP contribution is 2.07. The van der Waals surface area contributed by atoms with E-state index in [1.165, 1.54) is 25.7 Å². The molecule has 0 fully saturated rings. The molecule has 0 saturated heterocycles. The predicted molar refractivity (Wildman–Crippen MR) is 84.8 cm³/mol. The van der Waals surface area contributed by atoms with E-state index in [1.807, 2.05) is 18.2 Å². The molecule has 0 aromatic carbocycles. The van der Waals surface area contributed by atoms with E-state index in [4.69, 9.17) is 0 Å². The molecule has 2 heteroatoms. The maximum Gasteiger partial charge on any atom is 0.161 e. The zero-order chi connectivity index (χ0) is 14.6. The Morgan fingerprint density at radius 1 is 1.10 bits per heavy atom. The van der Waals surface area contributed by atoms with Crippen molar-refractivity contribution in [3.63, 3.8) is 0 Å². The van der Waals surface area contributed by atoms with Crippen molar-refractivity contribution in [2.45, 2.75) is 65.2 Å². The zero-order valence-corrected chi connectivity index (χ0v) is 12.9. The number of carbonyl (C=O) groups is 1. The fraction of sp³-hybridized carbons (Fsp3) is 0.556. The van der Waals surface area contributed by atoms with Crippen LogP contribution in [0.3, 0.4) is 0 Å². The SMILES string of the molecule is CCCCC=CC(=O)Cc1cccc(CCCCC)n1. The second-order valence-corrected chi connectivity index (χ2v) is 5.27. The van der Waals surface area contributed by atoms with E-state index < -0.39 is 0 Å². The van der Waals surface area contributed by atoms with Gasteiger partial charge < -0.3 is 0 Å². The lowest BCUT2D eigenvalue weighted by Gasteiger charge is -2.03. The monoisotopic (exact) mass is 273 g/mol. The van der Waals surface area contributed by atoms with Gasteiger partial charge in [0.15, 0.2) is 5.78 Å². The molecule has 0 saturated carbocycles. The van der Waals surface area contributed by atoms with Crippen LogP contribution in [0.2, 0.25) is 0 Å². The number of hydrogen-bond donors (Lipinski definition) is 0. The Kier molecular flexibility index (Phi) is 8.61. The van der Waals surface area contributed by atoms with Gasteiger partial charge in [0.2, 0.25) is 0 Å². The summed E-state index contributed by atoms with van der Waals surface area (Å²) in [7, 11) is 0. The molecule has 2 nitrogen and oxygen atoms in total. The summed E-state index contributed by atoms with van der Waals surface area (Å²) in [5.74, 6) is 0.152. The molecule has 0 aliphatic heterocycles. The molecule has 20 heavy (non-hydrogen) atoms. The second-order valence-electron chi connectivity index (χ2n) is 5.27. The number of aromatic nitrogens is 1. The average Bonchev–Trinajstić information content (AvgIpc) is 2.44. The third-order valence-electron chi connectivity index (χ3n) is 3.28. The standard InChI is InChI=1S/C18H27NO/c1-3-5-7-9-14-18(20)15-17-13-10-12-16(19-17)11-8-6-4-2/h9-10,12-14H,3-8,11,15H2,1-2H3. The summed E-state index contributed by atoms with van der Waals surface area (Å²) >= 11 is 0. The van der Waals surface area contributed by atoms with Crippen molar-refractivity contribution in [3.05, 3.63) is 41.7 Å². The minimum atomic E-state index is 0.152. The highest BCUT2D eigenvalue weighted by Gasteiger charge is 2.02. The first-order chi connectivity index (χ1) is 9.76. The smallest absolute Gasteiger partial charge is 0.161 e. The Morgan fingerprint density at radius 3 is 2.60 bits per heavy atom. The molecular formula is C18H27NO. The van der Waals surface area contributed by atoms with Crippen LogP contribution in [-0.2, 0) is 17.6 Å². The predicted octanol–water partition coefficient (Wildman–Crippen LogP) is 4.67. The van der Waals surface area contributed by atoms with Gasteiger partial charge in [-0.1, -0.05) is 51.7 Å². The Bertz CT molecular complexity index is 423. The number of allylic oxidation sites excluding steroid dienone is 2. The molecule has 1 rings (SSSR count). The van der Waals surface area contributed by atoms with Crippen LogP contribution in [0, 0.1) is 0 Å². The summed E-state index contributed by atoms with van der Waals surface area (Å²) < 4.78 is 0. The number of rotatable bonds is 10. The number of ketones is 1. The number of carbonyl (C=O) groups excluding carboxylic acids is 1. The molecule has 0 aliphatic carbocycles. The minimum absolute atomic E-state index is 0.152. The van der Waals surface area contributed by atoms with Gasteiger partial charge in [-0.05, 0) is 37.5 Å². The van der Waals surface area contributed by atoms with Crippen molar-refractivity contribution in [1.82, 2.24) is 4.98 Å². The van der Waals surface area contributed by atoms with Crippen LogP contribution in [0.1, 0.15) is 63.8 Å². The lowest BCUT2D eigenvalue weighted by molar-refractivity contribution is -0.114. The van der Waals surface area contributed by atoms with Gasteiger partial charge in [0.1, 0.15) is 0 Å². The third kappa shape index (κ3) is 7.22. The van der Waals surface area contributed by atoms with E-state index in [-0.39, 0.29) is 5.78 Å². The fourth-order valence-corrected chi connectivity index (χ4v) is 2.10. The van der Waals surface area contributed by atoms with Crippen LogP contribution in [0.5, 0.6) is 0 Å². The van der Waals surface area contributed by atoms with Crippen LogP contribution in [0.4, 0.5) is 0 Å². The van der Waals surface area contributed by atoms with Crippen LogP contribution in [0.25, 0.3) is 0 Å². The van der Waals surface area contributed by atoms with E-state index in [0.29, 0.717) is 6.42 Å². The lowest BCUT2D eigenvalue weighted by atomic mass is 10.1. The summed E-state index contributed by atoms with van der Waals surface area (Å²) in [4.78, 5) is 16.4. The summed E-state index contributed by atoms with van der Waals surface area (Å²) in [6.45, 7) is 4.36. The highest BCUT2D eigenvalue weighted by atomic mass is 16.1. The van der Waals surface area contributed by atoms with Gasteiger partial charge in [-0.3, -0.25) is 9.78 Å². The fourth-order valence-electron chi connectivity index (χ4n) is 2.10. The number of aryl methyl sites for hydroxylation is 1. The molecule has 0 radical (unpaired) electrons. The van der Waals surface area contributed by atoms with Crippen molar-refractivity contribution >= 4 is 5.78 Å². The van der Waals surface area contributed by atoms with E-state index in [1.54, 1.807) is 6.08 Å². The van der Waals surface area contributed by atoms with Crippen LogP contribution < -0.4 is 0 Å². The van der Waals surface area contributed by atoms with Crippen molar-refractivity contribution in [2.24, 2.45) is 0 Å². The topological polar surface area (TPSA) is 30.0 Å². The Morgan fingerprint density at radius 2 is 1.85 bits per heavy atom. The molecule has 0 spiro atoms. The number of hydrogen-bond acceptors (Lipinski definition) is 2. The Balaban J connectivity index is 2.44. The van der Waals surface area contributed by atoms with Crippen molar-refractivity contribution in [2.75, 3.05) is 0 Å². The lowest BCUT2D eigenvalue weighted by Crippen LogP contribution is -2.03. The van der Waals surface area contributed by atoms with E-state index >= 15 is 0 Å². The molecule has 1 heterocycles. The molecule has 1 aromatic heterocycles. The van der Waals surface area contributed by atoms with Gasteiger partial charge >= 0.3 is 0 Å². The molecule has 110 valence electrons. The largest absolute Gasteiger partial charge is 0.294 e. The second kappa shape index (κ2) is 10.4. The summed E-state index contributed by atoms with van der Waals surface area (Å²) in [6, 6.07) is 6.01. The van der Waals surface area contributed by atoms with E-state index in [9.17, 15) is 4.79 Å². The average molecular weight is 273 g/mol. The van der Waals surface area contributed by atoms with Gasteiger partial charge in [-0.15, -0.1) is 0 Å². The summed E-state index contributed by atoms with van der Waals surface area (Å²) in [5, 5.41) is 0. The van der Waals surface area contributed by atoms with E-state index in [2.05, 4.69) is 24.9 Å². The van der Waals surface area contributed by atoms with Gasteiger partial charge in [0, 0.05) is 11.4 Å². The summed E-state index contributed by atoms with van der Waals surface area (Å²) in [5.41, 5.74) is 2.00. The highest BCUT2D eigenvalue weighted by molar-refractivity contribution is 5.91.